The van der Waals surface area contributed by atoms with Crippen LogP contribution >= 0.6 is 15.9 Å². The van der Waals surface area contributed by atoms with Gasteiger partial charge in [-0.25, -0.2) is 4.39 Å². The summed E-state index contributed by atoms with van der Waals surface area (Å²) in [6.45, 7) is 1.39. The van der Waals surface area contributed by atoms with Gasteiger partial charge in [-0.05, 0) is 41.1 Å². The van der Waals surface area contributed by atoms with Gasteiger partial charge in [-0.1, -0.05) is 0 Å². The van der Waals surface area contributed by atoms with E-state index in [2.05, 4.69) is 15.9 Å². The van der Waals surface area contributed by atoms with Crippen molar-refractivity contribution >= 4 is 27.3 Å². The maximum Gasteiger partial charge on any atom is 0.293 e. The normalized spacial score (nSPS) is 19.1. The first-order valence-electron chi connectivity index (χ1n) is 6.52. The van der Waals surface area contributed by atoms with Gasteiger partial charge in [0.05, 0.1) is 9.40 Å². The van der Waals surface area contributed by atoms with Crippen LogP contribution in [0, 0.1) is 21.8 Å². The zero-order chi connectivity index (χ0) is 14.7. The molecular weight excluding hydrogens is 331 g/mol. The summed E-state index contributed by atoms with van der Waals surface area (Å²) in [7, 11) is 0. The molecule has 1 heterocycles. The molecule has 0 aromatic heterocycles. The minimum absolute atomic E-state index is 0.0943. The maximum atomic E-state index is 13.7. The third kappa shape index (κ3) is 3.27. The standard InChI is InChI=1S/C13H16BrFN2O3/c14-10-6-13(17(19)20)12(7-11(10)15)16-4-1-2-9(8-16)3-5-18/h6-7,9,18H,1-5,8H2. The Labute approximate surface area is 124 Å². The third-order valence-electron chi connectivity index (χ3n) is 3.61. The molecule has 7 heteroatoms. The molecule has 0 spiro atoms. The first kappa shape index (κ1) is 15.2. The summed E-state index contributed by atoms with van der Waals surface area (Å²) >= 11 is 2.98. The zero-order valence-corrected chi connectivity index (χ0v) is 12.5. The van der Waals surface area contributed by atoms with Gasteiger partial charge in [0.1, 0.15) is 11.5 Å². The first-order chi connectivity index (χ1) is 9.52. The number of aliphatic hydroxyl groups excluding tert-OH is 1. The van der Waals surface area contributed by atoms with E-state index in [1.807, 2.05) is 4.90 Å². The lowest BCUT2D eigenvalue weighted by molar-refractivity contribution is -0.384. The number of anilines is 1. The number of aliphatic hydroxyl groups is 1. The molecule has 0 bridgehead atoms. The molecular formula is C13H16BrFN2O3. The van der Waals surface area contributed by atoms with E-state index in [1.54, 1.807) is 0 Å². The Hall–Kier alpha value is -1.21. The molecule has 0 aliphatic carbocycles. The number of rotatable bonds is 4. The highest BCUT2D eigenvalue weighted by atomic mass is 79.9. The molecule has 1 aromatic carbocycles. The highest BCUT2D eigenvalue weighted by Crippen LogP contribution is 2.35. The van der Waals surface area contributed by atoms with E-state index in [9.17, 15) is 14.5 Å². The summed E-state index contributed by atoms with van der Waals surface area (Å²) in [6.07, 6.45) is 2.55. The van der Waals surface area contributed by atoms with Gasteiger partial charge in [-0.15, -0.1) is 0 Å². The predicted molar refractivity (Wildman–Crippen MR) is 77.4 cm³/mol. The fourth-order valence-electron chi connectivity index (χ4n) is 2.63. The Morgan fingerprint density at radius 3 is 2.95 bits per heavy atom. The summed E-state index contributed by atoms with van der Waals surface area (Å²) in [5.74, 6) is -0.213. The van der Waals surface area contributed by atoms with Crippen LogP contribution in [0.4, 0.5) is 15.8 Å². The lowest BCUT2D eigenvalue weighted by Gasteiger charge is -2.34. The van der Waals surface area contributed by atoms with Crippen molar-refractivity contribution in [2.24, 2.45) is 5.92 Å². The lowest BCUT2D eigenvalue weighted by Crippen LogP contribution is -2.36. The number of nitro groups is 1. The molecule has 20 heavy (non-hydrogen) atoms. The van der Waals surface area contributed by atoms with E-state index in [1.165, 1.54) is 12.1 Å². The average Bonchev–Trinajstić information content (AvgIpc) is 2.42. The van der Waals surface area contributed by atoms with Crippen molar-refractivity contribution in [3.05, 3.63) is 32.5 Å². The van der Waals surface area contributed by atoms with E-state index < -0.39 is 10.7 Å². The fraction of sp³-hybridized carbons (Fsp3) is 0.538. The van der Waals surface area contributed by atoms with Crippen molar-refractivity contribution in [3.63, 3.8) is 0 Å². The van der Waals surface area contributed by atoms with Crippen molar-refractivity contribution in [2.45, 2.75) is 19.3 Å². The summed E-state index contributed by atoms with van der Waals surface area (Å²) in [5, 5.41) is 20.1. The molecule has 1 unspecified atom stereocenters. The topological polar surface area (TPSA) is 66.6 Å². The zero-order valence-electron chi connectivity index (χ0n) is 10.9. The second kappa shape index (κ2) is 6.49. The third-order valence-corrected chi connectivity index (χ3v) is 4.22. The van der Waals surface area contributed by atoms with Gasteiger partial charge in [0, 0.05) is 31.8 Å². The van der Waals surface area contributed by atoms with Crippen LogP contribution in [0.5, 0.6) is 0 Å². The van der Waals surface area contributed by atoms with Gasteiger partial charge in [-0.3, -0.25) is 10.1 Å². The fourth-order valence-corrected chi connectivity index (χ4v) is 2.96. The quantitative estimate of drug-likeness (QED) is 0.671. The number of hydrogen-bond acceptors (Lipinski definition) is 4. The molecule has 1 aliphatic heterocycles. The minimum Gasteiger partial charge on any atom is -0.396 e. The van der Waals surface area contributed by atoms with E-state index in [4.69, 9.17) is 5.11 Å². The van der Waals surface area contributed by atoms with E-state index in [-0.39, 0.29) is 16.8 Å². The minimum atomic E-state index is -0.505. The molecule has 1 fully saturated rings. The molecule has 0 amide bonds. The van der Waals surface area contributed by atoms with Crippen molar-refractivity contribution in [1.82, 2.24) is 0 Å². The van der Waals surface area contributed by atoms with Gasteiger partial charge in [-0.2, -0.15) is 0 Å². The molecule has 110 valence electrons. The van der Waals surface area contributed by atoms with Crippen LogP contribution in [-0.4, -0.2) is 29.7 Å². The summed E-state index contributed by atoms with van der Waals surface area (Å²) in [4.78, 5) is 12.5. The summed E-state index contributed by atoms with van der Waals surface area (Å²) in [5.41, 5.74) is 0.223. The van der Waals surface area contributed by atoms with Gasteiger partial charge >= 0.3 is 0 Å². The van der Waals surface area contributed by atoms with Crippen LogP contribution in [-0.2, 0) is 0 Å². The van der Waals surface area contributed by atoms with Crippen molar-refractivity contribution in [1.29, 1.82) is 0 Å². The SMILES string of the molecule is O=[N+]([O-])c1cc(Br)c(F)cc1N1CCCC(CCO)C1. The number of benzene rings is 1. The molecule has 1 aliphatic rings. The highest BCUT2D eigenvalue weighted by molar-refractivity contribution is 9.10. The monoisotopic (exact) mass is 346 g/mol. The van der Waals surface area contributed by atoms with Crippen molar-refractivity contribution < 1.29 is 14.4 Å². The van der Waals surface area contributed by atoms with Gasteiger partial charge < -0.3 is 10.0 Å². The number of hydrogen-bond donors (Lipinski definition) is 1. The Balaban J connectivity index is 2.31. The second-order valence-electron chi connectivity index (χ2n) is 4.98. The van der Waals surface area contributed by atoms with Crippen LogP contribution < -0.4 is 4.90 Å². The summed E-state index contributed by atoms with van der Waals surface area (Å²) < 4.78 is 13.8. The Bertz CT molecular complexity index is 511. The van der Waals surface area contributed by atoms with Gasteiger partial charge in [0.2, 0.25) is 0 Å². The molecule has 2 rings (SSSR count). The average molecular weight is 347 g/mol. The van der Waals surface area contributed by atoms with Gasteiger partial charge in [0.15, 0.2) is 0 Å². The molecule has 1 saturated heterocycles. The Kier molecular flexibility index (Phi) is 4.93. The number of nitrogens with zero attached hydrogens (tertiary/aromatic N) is 2. The van der Waals surface area contributed by atoms with Crippen LogP contribution in [0.3, 0.4) is 0 Å². The molecule has 1 aromatic rings. The van der Waals surface area contributed by atoms with Crippen LogP contribution in [0.15, 0.2) is 16.6 Å². The largest absolute Gasteiger partial charge is 0.396 e. The first-order valence-corrected chi connectivity index (χ1v) is 7.31. The number of halogens is 2. The van der Waals surface area contributed by atoms with Crippen LogP contribution in [0.2, 0.25) is 0 Å². The van der Waals surface area contributed by atoms with E-state index in [0.717, 1.165) is 12.8 Å². The number of nitro benzene ring substituents is 1. The molecule has 0 radical (unpaired) electrons. The number of piperidine rings is 1. The van der Waals surface area contributed by atoms with E-state index in [0.29, 0.717) is 31.1 Å². The van der Waals surface area contributed by atoms with Gasteiger partial charge in [0.25, 0.3) is 5.69 Å². The maximum absolute atomic E-state index is 13.7. The summed E-state index contributed by atoms with van der Waals surface area (Å²) in [6, 6.07) is 2.42. The smallest absolute Gasteiger partial charge is 0.293 e. The Morgan fingerprint density at radius 1 is 1.55 bits per heavy atom. The van der Waals surface area contributed by atoms with Crippen LogP contribution in [0.25, 0.3) is 0 Å². The second-order valence-corrected chi connectivity index (χ2v) is 5.83. The Morgan fingerprint density at radius 2 is 2.30 bits per heavy atom. The van der Waals surface area contributed by atoms with Crippen molar-refractivity contribution in [3.8, 4) is 0 Å². The highest BCUT2D eigenvalue weighted by Gasteiger charge is 2.26. The van der Waals surface area contributed by atoms with E-state index >= 15 is 0 Å². The lowest BCUT2D eigenvalue weighted by atomic mass is 9.94. The molecule has 1 N–H and O–H groups in total. The molecule has 5 nitrogen and oxygen atoms in total. The predicted octanol–water partition coefficient (Wildman–Crippen LogP) is 3.10. The molecule has 1 atom stereocenters. The molecule has 0 saturated carbocycles. The van der Waals surface area contributed by atoms with Crippen molar-refractivity contribution in [2.75, 3.05) is 24.6 Å². The van der Waals surface area contributed by atoms with Crippen LogP contribution in [0.1, 0.15) is 19.3 Å².